The molecule has 0 saturated heterocycles. The maximum Gasteiger partial charge on any atom is 0.332 e. The lowest BCUT2D eigenvalue weighted by molar-refractivity contribution is -0.148. The lowest BCUT2D eigenvalue weighted by Gasteiger charge is -2.18. The normalized spacial score (nSPS) is 23.9. The Kier molecular flexibility index (Phi) is 7.64. The van der Waals surface area contributed by atoms with Gasteiger partial charge in [-0.25, -0.2) is 4.79 Å². The van der Waals surface area contributed by atoms with E-state index in [0.29, 0.717) is 19.3 Å². The SMILES string of the molecule is CCOC(=O)COCCNC1CCCC1SC. The molecule has 1 aliphatic carbocycles. The molecule has 0 heterocycles. The molecule has 4 nitrogen and oxygen atoms in total. The molecule has 5 heteroatoms. The zero-order chi connectivity index (χ0) is 12.5. The van der Waals surface area contributed by atoms with Gasteiger partial charge in [0.1, 0.15) is 6.61 Å². The minimum Gasteiger partial charge on any atom is -0.464 e. The molecule has 17 heavy (non-hydrogen) atoms. The summed E-state index contributed by atoms with van der Waals surface area (Å²) in [5, 5.41) is 4.23. The number of hydrogen-bond donors (Lipinski definition) is 1. The van der Waals surface area contributed by atoms with Crippen LogP contribution in [0.15, 0.2) is 0 Å². The summed E-state index contributed by atoms with van der Waals surface area (Å²) in [5.74, 6) is -0.282. The molecule has 0 aromatic rings. The van der Waals surface area contributed by atoms with Crippen LogP contribution in [0.2, 0.25) is 0 Å². The highest BCUT2D eigenvalue weighted by Crippen LogP contribution is 2.28. The van der Waals surface area contributed by atoms with Crippen LogP contribution in [-0.4, -0.2) is 49.9 Å². The molecule has 1 saturated carbocycles. The second kappa shape index (κ2) is 8.78. The maximum absolute atomic E-state index is 11.0. The van der Waals surface area contributed by atoms with Crippen LogP contribution in [0.4, 0.5) is 0 Å². The van der Waals surface area contributed by atoms with Gasteiger partial charge >= 0.3 is 5.97 Å². The fourth-order valence-electron chi connectivity index (χ4n) is 2.12. The van der Waals surface area contributed by atoms with Gasteiger partial charge in [-0.3, -0.25) is 0 Å². The molecular formula is C12H23NO3S. The summed E-state index contributed by atoms with van der Waals surface area (Å²) in [7, 11) is 0. The van der Waals surface area contributed by atoms with Gasteiger partial charge in [-0.2, -0.15) is 11.8 Å². The van der Waals surface area contributed by atoms with E-state index in [4.69, 9.17) is 9.47 Å². The van der Waals surface area contributed by atoms with E-state index in [1.807, 2.05) is 11.8 Å². The fraction of sp³-hybridized carbons (Fsp3) is 0.917. The smallest absolute Gasteiger partial charge is 0.332 e. The lowest BCUT2D eigenvalue weighted by Crippen LogP contribution is -2.36. The zero-order valence-electron chi connectivity index (χ0n) is 10.7. The summed E-state index contributed by atoms with van der Waals surface area (Å²) in [4.78, 5) is 11.0. The summed E-state index contributed by atoms with van der Waals surface area (Å²) in [5.41, 5.74) is 0. The quantitative estimate of drug-likeness (QED) is 0.529. The van der Waals surface area contributed by atoms with E-state index in [2.05, 4.69) is 11.6 Å². The largest absolute Gasteiger partial charge is 0.464 e. The standard InChI is InChI=1S/C12H23NO3S/c1-3-16-12(14)9-15-8-7-13-10-5-4-6-11(10)17-2/h10-11,13H,3-9H2,1-2H3. The van der Waals surface area contributed by atoms with E-state index in [9.17, 15) is 4.79 Å². The molecule has 1 N–H and O–H groups in total. The Labute approximate surface area is 108 Å². The van der Waals surface area contributed by atoms with Gasteiger partial charge in [0.05, 0.1) is 13.2 Å². The maximum atomic E-state index is 11.0. The van der Waals surface area contributed by atoms with E-state index >= 15 is 0 Å². The Balaban J connectivity index is 1.98. The number of carbonyl (C=O) groups excluding carboxylic acids is 1. The van der Waals surface area contributed by atoms with Crippen LogP contribution >= 0.6 is 11.8 Å². The van der Waals surface area contributed by atoms with Gasteiger partial charge < -0.3 is 14.8 Å². The first-order valence-electron chi connectivity index (χ1n) is 6.27. The molecule has 1 aliphatic rings. The summed E-state index contributed by atoms with van der Waals surface area (Å²) < 4.78 is 10.0. The van der Waals surface area contributed by atoms with Crippen LogP contribution in [0.1, 0.15) is 26.2 Å². The molecule has 2 unspecified atom stereocenters. The molecular weight excluding hydrogens is 238 g/mol. The van der Waals surface area contributed by atoms with Gasteiger partial charge in [0.2, 0.25) is 0 Å². The zero-order valence-corrected chi connectivity index (χ0v) is 11.6. The average molecular weight is 261 g/mol. The molecule has 1 rings (SSSR count). The third-order valence-corrected chi connectivity index (χ3v) is 4.10. The first kappa shape index (κ1) is 14.8. The number of nitrogens with one attached hydrogen (secondary N) is 1. The van der Waals surface area contributed by atoms with E-state index in [-0.39, 0.29) is 12.6 Å². The van der Waals surface area contributed by atoms with Gasteiger partial charge in [-0.1, -0.05) is 6.42 Å². The third-order valence-electron chi connectivity index (χ3n) is 2.93. The molecule has 0 bridgehead atoms. The molecule has 0 aromatic heterocycles. The van der Waals surface area contributed by atoms with E-state index in [1.165, 1.54) is 19.3 Å². The molecule has 0 aliphatic heterocycles. The second-order valence-electron chi connectivity index (χ2n) is 4.12. The lowest BCUT2D eigenvalue weighted by atomic mass is 10.2. The fourth-order valence-corrected chi connectivity index (χ4v) is 3.08. The van der Waals surface area contributed by atoms with E-state index in [0.717, 1.165) is 11.8 Å². The summed E-state index contributed by atoms with van der Waals surface area (Å²) >= 11 is 1.94. The number of esters is 1. The molecule has 0 radical (unpaired) electrons. The highest BCUT2D eigenvalue weighted by molar-refractivity contribution is 7.99. The second-order valence-corrected chi connectivity index (χ2v) is 5.20. The molecule has 0 aromatic carbocycles. The number of rotatable bonds is 8. The molecule has 100 valence electrons. The average Bonchev–Trinajstić information content (AvgIpc) is 2.76. The van der Waals surface area contributed by atoms with Crippen LogP contribution in [-0.2, 0) is 14.3 Å². The minimum atomic E-state index is -0.282. The van der Waals surface area contributed by atoms with Crippen LogP contribution in [0.5, 0.6) is 0 Å². The van der Waals surface area contributed by atoms with Crippen molar-refractivity contribution in [3.63, 3.8) is 0 Å². The first-order valence-corrected chi connectivity index (χ1v) is 7.56. The van der Waals surface area contributed by atoms with Gasteiger partial charge in [-0.15, -0.1) is 0 Å². The number of ether oxygens (including phenoxy) is 2. The first-order chi connectivity index (χ1) is 8.27. The van der Waals surface area contributed by atoms with Gasteiger partial charge in [0, 0.05) is 17.8 Å². The van der Waals surface area contributed by atoms with Crippen LogP contribution < -0.4 is 5.32 Å². The topological polar surface area (TPSA) is 47.6 Å². The Morgan fingerprint density at radius 3 is 3.00 bits per heavy atom. The van der Waals surface area contributed by atoms with Crippen molar-refractivity contribution < 1.29 is 14.3 Å². The van der Waals surface area contributed by atoms with Crippen LogP contribution in [0.25, 0.3) is 0 Å². The van der Waals surface area contributed by atoms with Crippen molar-refractivity contribution in [3.05, 3.63) is 0 Å². The van der Waals surface area contributed by atoms with Gasteiger partial charge in [-0.05, 0) is 26.0 Å². The third kappa shape index (κ3) is 5.75. The highest BCUT2D eigenvalue weighted by Gasteiger charge is 2.25. The van der Waals surface area contributed by atoms with Crippen molar-refractivity contribution >= 4 is 17.7 Å². The number of hydrogen-bond acceptors (Lipinski definition) is 5. The van der Waals surface area contributed by atoms with E-state index < -0.39 is 0 Å². The Morgan fingerprint density at radius 2 is 2.29 bits per heavy atom. The highest BCUT2D eigenvalue weighted by atomic mass is 32.2. The van der Waals surface area contributed by atoms with Crippen LogP contribution in [0, 0.1) is 0 Å². The van der Waals surface area contributed by atoms with Gasteiger partial charge in [0.25, 0.3) is 0 Å². The minimum absolute atomic E-state index is 0.0616. The van der Waals surface area contributed by atoms with Crippen molar-refractivity contribution in [2.75, 3.05) is 32.6 Å². The summed E-state index contributed by atoms with van der Waals surface area (Å²) in [6.45, 7) is 3.64. The van der Waals surface area contributed by atoms with Crippen molar-refractivity contribution in [2.45, 2.75) is 37.5 Å². The predicted octanol–water partition coefficient (Wildman–Crippen LogP) is 1.44. The van der Waals surface area contributed by atoms with Gasteiger partial charge in [0.15, 0.2) is 0 Å². The predicted molar refractivity (Wildman–Crippen MR) is 70.4 cm³/mol. The van der Waals surface area contributed by atoms with E-state index in [1.54, 1.807) is 6.92 Å². The molecule has 1 fully saturated rings. The molecule has 0 amide bonds. The molecule has 2 atom stereocenters. The summed E-state index contributed by atoms with van der Waals surface area (Å²) in [6.07, 6.45) is 6.04. The summed E-state index contributed by atoms with van der Waals surface area (Å²) in [6, 6.07) is 0.608. The van der Waals surface area contributed by atoms with Crippen molar-refractivity contribution in [3.8, 4) is 0 Å². The monoisotopic (exact) mass is 261 g/mol. The van der Waals surface area contributed by atoms with Crippen LogP contribution in [0.3, 0.4) is 0 Å². The Hall–Kier alpha value is -0.260. The van der Waals surface area contributed by atoms with Crippen molar-refractivity contribution in [1.29, 1.82) is 0 Å². The number of carbonyl (C=O) groups is 1. The van der Waals surface area contributed by atoms with Crippen molar-refractivity contribution in [2.24, 2.45) is 0 Å². The Bertz CT molecular complexity index is 226. The number of thioether (sulfide) groups is 1. The van der Waals surface area contributed by atoms with Crippen molar-refractivity contribution in [1.82, 2.24) is 5.32 Å². The Morgan fingerprint density at radius 1 is 1.47 bits per heavy atom. The molecule has 0 spiro atoms.